The second kappa shape index (κ2) is 10.2. The van der Waals surface area contributed by atoms with Crippen molar-refractivity contribution in [2.24, 2.45) is 16.3 Å². The first-order chi connectivity index (χ1) is 17.7. The van der Waals surface area contributed by atoms with Gasteiger partial charge in [0.15, 0.2) is 0 Å². The van der Waals surface area contributed by atoms with E-state index in [4.69, 9.17) is 16.6 Å². The Balaban J connectivity index is 1.54. The standard InChI is InChI=1S/C30H29ClN4OS/c1-30(2,3)20-8-13-24-26(16-20)37-29(27(24)28(36)34-22-11-9-21(31)10-12-22)33-17-19-18-35(15-14-32)25-7-5-4-6-23(19)25/h4-7,9-12,17-18,20H,8,13,15-16H2,1-3H3,(H,34,36)/t20-/m0/s1. The number of hydrogen-bond acceptors (Lipinski definition) is 4. The summed E-state index contributed by atoms with van der Waals surface area (Å²) in [5.74, 6) is 0.416. The topological polar surface area (TPSA) is 70.2 Å². The van der Waals surface area contributed by atoms with Crippen molar-refractivity contribution in [2.75, 3.05) is 5.32 Å². The molecular weight excluding hydrogens is 500 g/mol. The maximum Gasteiger partial charge on any atom is 0.259 e. The summed E-state index contributed by atoms with van der Waals surface area (Å²) < 4.78 is 1.93. The smallest absolute Gasteiger partial charge is 0.259 e. The molecule has 1 aliphatic rings. The van der Waals surface area contributed by atoms with E-state index < -0.39 is 0 Å². The molecule has 1 aliphatic carbocycles. The molecule has 0 saturated heterocycles. The van der Waals surface area contributed by atoms with Crippen LogP contribution in [0.2, 0.25) is 5.02 Å². The third-order valence-electron chi connectivity index (χ3n) is 7.18. The number of fused-ring (bicyclic) bond motifs is 2. The molecule has 5 nitrogen and oxygen atoms in total. The van der Waals surface area contributed by atoms with Crippen molar-refractivity contribution in [3.8, 4) is 6.07 Å². The van der Waals surface area contributed by atoms with Gasteiger partial charge in [0.05, 0.1) is 11.6 Å². The van der Waals surface area contributed by atoms with Gasteiger partial charge in [-0.15, -0.1) is 11.3 Å². The number of nitrogens with zero attached hydrogens (tertiary/aromatic N) is 3. The first-order valence-electron chi connectivity index (χ1n) is 12.4. The molecule has 2 aromatic heterocycles. The van der Waals surface area contributed by atoms with Gasteiger partial charge in [-0.1, -0.05) is 50.6 Å². The van der Waals surface area contributed by atoms with Crippen molar-refractivity contribution in [1.29, 1.82) is 5.26 Å². The number of aromatic nitrogens is 1. The Bertz CT molecular complexity index is 1530. The minimum atomic E-state index is -0.145. The fraction of sp³-hybridized carbons (Fsp3) is 0.300. The van der Waals surface area contributed by atoms with Gasteiger partial charge in [-0.05, 0) is 66.5 Å². The van der Waals surface area contributed by atoms with Gasteiger partial charge in [-0.2, -0.15) is 5.26 Å². The van der Waals surface area contributed by atoms with Crippen LogP contribution in [-0.4, -0.2) is 16.7 Å². The maximum atomic E-state index is 13.6. The van der Waals surface area contributed by atoms with E-state index >= 15 is 0 Å². The van der Waals surface area contributed by atoms with E-state index in [9.17, 15) is 10.1 Å². The number of carbonyl (C=O) groups is 1. The number of carbonyl (C=O) groups excluding carboxylic acids is 1. The largest absolute Gasteiger partial charge is 0.333 e. The van der Waals surface area contributed by atoms with E-state index in [-0.39, 0.29) is 17.9 Å². The predicted octanol–water partition coefficient (Wildman–Crippen LogP) is 8.03. The van der Waals surface area contributed by atoms with Gasteiger partial charge in [0, 0.05) is 44.5 Å². The average molecular weight is 529 g/mol. The molecule has 1 atom stereocenters. The van der Waals surface area contributed by atoms with Crippen molar-refractivity contribution in [2.45, 2.75) is 46.6 Å². The molecular formula is C30H29ClN4OS. The van der Waals surface area contributed by atoms with E-state index in [0.717, 1.165) is 46.3 Å². The van der Waals surface area contributed by atoms with E-state index in [1.807, 2.05) is 53.4 Å². The van der Waals surface area contributed by atoms with Crippen molar-refractivity contribution >= 4 is 56.7 Å². The number of nitriles is 1. The SMILES string of the molecule is CC(C)(C)[C@H]1CCc2c(sc(N=Cc3cn(CC#N)c4ccccc34)c2C(=O)Nc2ccc(Cl)cc2)C1. The molecule has 1 N–H and O–H groups in total. The number of anilines is 1. The lowest BCUT2D eigenvalue weighted by Crippen LogP contribution is -2.27. The van der Waals surface area contributed by atoms with Crippen LogP contribution in [0.3, 0.4) is 0 Å². The van der Waals surface area contributed by atoms with Crippen LogP contribution in [0.1, 0.15) is 53.6 Å². The highest BCUT2D eigenvalue weighted by atomic mass is 35.5. The molecule has 5 rings (SSSR count). The molecule has 0 fully saturated rings. The quantitative estimate of drug-likeness (QED) is 0.266. The summed E-state index contributed by atoms with van der Waals surface area (Å²) in [6.07, 6.45) is 6.66. The summed E-state index contributed by atoms with van der Waals surface area (Å²) in [7, 11) is 0. The molecule has 0 spiro atoms. The number of aliphatic imine (C=N–C) groups is 1. The summed E-state index contributed by atoms with van der Waals surface area (Å²) in [6.45, 7) is 7.14. The van der Waals surface area contributed by atoms with Crippen molar-refractivity contribution in [3.05, 3.63) is 81.3 Å². The van der Waals surface area contributed by atoms with Crippen LogP contribution in [-0.2, 0) is 19.4 Å². The van der Waals surface area contributed by atoms with Gasteiger partial charge in [-0.3, -0.25) is 4.79 Å². The Morgan fingerprint density at radius 2 is 2.00 bits per heavy atom. The molecule has 1 amide bonds. The number of hydrogen-bond donors (Lipinski definition) is 1. The van der Waals surface area contributed by atoms with Gasteiger partial charge < -0.3 is 9.88 Å². The van der Waals surface area contributed by atoms with Crippen molar-refractivity contribution in [3.63, 3.8) is 0 Å². The summed E-state index contributed by atoms with van der Waals surface area (Å²) in [6, 6.07) is 17.4. The third-order valence-corrected chi connectivity index (χ3v) is 8.60. The minimum absolute atomic E-state index is 0.145. The lowest BCUT2D eigenvalue weighted by molar-refractivity contribution is 0.102. The Labute approximate surface area is 226 Å². The van der Waals surface area contributed by atoms with E-state index in [2.05, 4.69) is 32.2 Å². The lowest BCUT2D eigenvalue weighted by atomic mass is 9.72. The van der Waals surface area contributed by atoms with Crippen LogP contribution in [0.15, 0.2) is 59.7 Å². The van der Waals surface area contributed by atoms with E-state index in [1.165, 1.54) is 4.88 Å². The van der Waals surface area contributed by atoms with Crippen LogP contribution in [0.5, 0.6) is 0 Å². The molecule has 0 saturated carbocycles. The molecule has 37 heavy (non-hydrogen) atoms. The maximum absolute atomic E-state index is 13.6. The highest BCUT2D eigenvalue weighted by Crippen LogP contribution is 2.45. The summed E-state index contributed by atoms with van der Waals surface area (Å²) >= 11 is 7.66. The second-order valence-corrected chi connectivity index (χ2v) is 12.1. The van der Waals surface area contributed by atoms with E-state index in [0.29, 0.717) is 22.2 Å². The zero-order chi connectivity index (χ0) is 26.2. The van der Waals surface area contributed by atoms with Gasteiger partial charge in [0.2, 0.25) is 0 Å². The second-order valence-electron chi connectivity index (χ2n) is 10.6. The van der Waals surface area contributed by atoms with Gasteiger partial charge >= 0.3 is 0 Å². The van der Waals surface area contributed by atoms with Crippen LogP contribution < -0.4 is 5.32 Å². The Morgan fingerprint density at radius 1 is 1.24 bits per heavy atom. The van der Waals surface area contributed by atoms with Crippen LogP contribution >= 0.6 is 22.9 Å². The fourth-order valence-electron chi connectivity index (χ4n) is 5.08. The van der Waals surface area contributed by atoms with Crippen molar-refractivity contribution < 1.29 is 4.79 Å². The molecule has 2 heterocycles. The summed E-state index contributed by atoms with van der Waals surface area (Å²) in [5.41, 5.74) is 4.61. The number of para-hydroxylation sites is 1. The Kier molecular flexibility index (Phi) is 6.94. The molecule has 0 radical (unpaired) electrons. The van der Waals surface area contributed by atoms with Gasteiger partial charge in [-0.25, -0.2) is 4.99 Å². The molecule has 188 valence electrons. The number of halogens is 1. The van der Waals surface area contributed by atoms with Crippen LogP contribution in [0, 0.1) is 22.7 Å². The number of thiophene rings is 1. The number of nitrogens with one attached hydrogen (secondary N) is 1. The van der Waals surface area contributed by atoms with Gasteiger partial charge in [0.1, 0.15) is 11.5 Å². The monoisotopic (exact) mass is 528 g/mol. The predicted molar refractivity (Wildman–Crippen MR) is 153 cm³/mol. The van der Waals surface area contributed by atoms with Crippen LogP contribution in [0.25, 0.3) is 10.9 Å². The highest BCUT2D eigenvalue weighted by molar-refractivity contribution is 7.16. The number of rotatable bonds is 5. The van der Waals surface area contributed by atoms with Gasteiger partial charge in [0.25, 0.3) is 5.91 Å². The average Bonchev–Trinajstić information content (AvgIpc) is 3.41. The molecule has 7 heteroatoms. The van der Waals surface area contributed by atoms with E-state index in [1.54, 1.807) is 23.5 Å². The normalized spacial score (nSPS) is 15.6. The lowest BCUT2D eigenvalue weighted by Gasteiger charge is -2.33. The molecule has 2 aromatic carbocycles. The first kappa shape index (κ1) is 25.3. The third kappa shape index (κ3) is 5.20. The zero-order valence-corrected chi connectivity index (χ0v) is 22.8. The Morgan fingerprint density at radius 3 is 2.73 bits per heavy atom. The van der Waals surface area contributed by atoms with Crippen molar-refractivity contribution in [1.82, 2.24) is 4.57 Å². The molecule has 0 unspecified atom stereocenters. The minimum Gasteiger partial charge on any atom is -0.333 e. The first-order valence-corrected chi connectivity index (χ1v) is 13.6. The Hall–Kier alpha value is -3.40. The number of benzene rings is 2. The van der Waals surface area contributed by atoms with Crippen LogP contribution in [0.4, 0.5) is 10.7 Å². The fourth-order valence-corrected chi connectivity index (χ4v) is 6.47. The summed E-state index contributed by atoms with van der Waals surface area (Å²) in [5, 5.41) is 14.7. The molecule has 0 aliphatic heterocycles. The number of amides is 1. The molecule has 4 aromatic rings. The summed E-state index contributed by atoms with van der Waals surface area (Å²) in [4.78, 5) is 19.7. The molecule has 0 bridgehead atoms. The highest BCUT2D eigenvalue weighted by Gasteiger charge is 2.33. The zero-order valence-electron chi connectivity index (χ0n) is 21.2.